The predicted molar refractivity (Wildman–Crippen MR) is 111 cm³/mol. The fourth-order valence-electron chi connectivity index (χ4n) is 4.52. The zero-order chi connectivity index (χ0) is 18.9. The zero-order valence-electron chi connectivity index (χ0n) is 16.0. The molecule has 0 unspecified atom stereocenters. The van der Waals surface area contributed by atoms with E-state index in [9.17, 15) is 4.79 Å². The van der Waals surface area contributed by atoms with Gasteiger partial charge in [-0.2, -0.15) is 0 Å². The summed E-state index contributed by atoms with van der Waals surface area (Å²) in [5.74, 6) is 0.152. The quantitative estimate of drug-likeness (QED) is 0.702. The second kappa shape index (κ2) is 7.28. The van der Waals surface area contributed by atoms with E-state index >= 15 is 0 Å². The Kier molecular flexibility index (Phi) is 4.49. The largest absolute Gasteiger partial charge is 0.337 e. The van der Waals surface area contributed by atoms with Crippen molar-refractivity contribution in [3.63, 3.8) is 0 Å². The molecule has 0 bridgehead atoms. The van der Waals surface area contributed by atoms with Gasteiger partial charge in [-0.3, -0.25) is 9.69 Å². The van der Waals surface area contributed by atoms with Crippen LogP contribution in [0, 0.1) is 0 Å². The molecule has 0 aliphatic carbocycles. The van der Waals surface area contributed by atoms with E-state index in [1.54, 1.807) is 0 Å². The number of aromatic nitrogens is 1. The minimum Gasteiger partial charge on any atom is -0.337 e. The van der Waals surface area contributed by atoms with Crippen molar-refractivity contribution in [2.24, 2.45) is 0 Å². The Morgan fingerprint density at radius 1 is 0.857 bits per heavy atom. The maximum Gasteiger partial charge on any atom is 0.253 e. The van der Waals surface area contributed by atoms with Crippen molar-refractivity contribution in [2.45, 2.75) is 25.4 Å². The first-order chi connectivity index (χ1) is 13.8. The first-order valence-electron chi connectivity index (χ1n) is 10.1. The van der Waals surface area contributed by atoms with E-state index < -0.39 is 0 Å². The number of carbonyl (C=O) groups excluding carboxylic acids is 1. The van der Waals surface area contributed by atoms with Gasteiger partial charge >= 0.3 is 0 Å². The van der Waals surface area contributed by atoms with E-state index in [2.05, 4.69) is 29.2 Å². The van der Waals surface area contributed by atoms with Crippen LogP contribution in [0.25, 0.3) is 5.69 Å². The molecule has 1 atom stereocenters. The van der Waals surface area contributed by atoms with Crippen molar-refractivity contribution in [1.82, 2.24) is 14.4 Å². The Bertz CT molecular complexity index is 962. The van der Waals surface area contributed by atoms with Gasteiger partial charge in [-0.15, -0.1) is 0 Å². The smallest absolute Gasteiger partial charge is 0.253 e. The molecule has 142 valence electrons. The monoisotopic (exact) mass is 371 g/mol. The molecule has 4 heteroatoms. The van der Waals surface area contributed by atoms with Gasteiger partial charge in [0.1, 0.15) is 0 Å². The van der Waals surface area contributed by atoms with E-state index in [1.165, 1.54) is 11.1 Å². The highest BCUT2D eigenvalue weighted by Crippen LogP contribution is 2.25. The van der Waals surface area contributed by atoms with Crippen molar-refractivity contribution >= 4 is 5.91 Å². The average Bonchev–Trinajstić information content (AvgIpc) is 3.45. The van der Waals surface area contributed by atoms with Crippen molar-refractivity contribution in [3.8, 4) is 5.69 Å². The van der Waals surface area contributed by atoms with Gasteiger partial charge in [0.05, 0.1) is 0 Å². The molecule has 0 N–H and O–H groups in total. The first kappa shape index (κ1) is 17.3. The lowest BCUT2D eigenvalue weighted by Gasteiger charge is -2.33. The Labute approximate surface area is 166 Å². The van der Waals surface area contributed by atoms with E-state index in [0.717, 1.165) is 50.3 Å². The summed E-state index contributed by atoms with van der Waals surface area (Å²) >= 11 is 0. The summed E-state index contributed by atoms with van der Waals surface area (Å²) in [4.78, 5) is 17.6. The third-order valence-corrected chi connectivity index (χ3v) is 6.14. The molecule has 2 aromatic carbocycles. The van der Waals surface area contributed by atoms with Crippen LogP contribution in [-0.4, -0.2) is 46.0 Å². The number of hydrogen-bond donors (Lipinski definition) is 0. The number of fused-ring (bicyclic) bond motifs is 1. The second-order valence-corrected chi connectivity index (χ2v) is 7.82. The molecule has 0 spiro atoms. The second-order valence-electron chi connectivity index (χ2n) is 7.82. The Morgan fingerprint density at radius 2 is 1.61 bits per heavy atom. The van der Waals surface area contributed by atoms with Crippen molar-refractivity contribution in [3.05, 3.63) is 89.7 Å². The summed E-state index contributed by atoms with van der Waals surface area (Å²) in [7, 11) is 0. The van der Waals surface area contributed by atoms with Gasteiger partial charge in [-0.25, -0.2) is 0 Å². The maximum absolute atomic E-state index is 13.0. The van der Waals surface area contributed by atoms with Gasteiger partial charge in [-0.05, 0) is 60.4 Å². The minimum absolute atomic E-state index is 0.152. The number of hydrogen-bond acceptors (Lipinski definition) is 2. The lowest BCUT2D eigenvalue weighted by molar-refractivity contribution is 0.0773. The summed E-state index contributed by atoms with van der Waals surface area (Å²) in [6.07, 6.45) is 6.20. The van der Waals surface area contributed by atoms with Crippen LogP contribution >= 0.6 is 0 Å². The van der Waals surface area contributed by atoms with Crippen LogP contribution in [-0.2, 0) is 13.0 Å². The Hall–Kier alpha value is -2.85. The standard InChI is InChI=1S/C24H25N3O/c28-24(20-7-9-22(10-8-20)25-13-3-4-14-25)27-16-12-23(18-27)26-15-11-19-5-1-2-6-21(19)17-26/h1-10,13-14,23H,11-12,15-18H2/t23-/m1/s1. The number of rotatable bonds is 3. The Balaban J connectivity index is 1.24. The first-order valence-corrected chi connectivity index (χ1v) is 10.1. The highest BCUT2D eigenvalue weighted by Gasteiger charge is 2.32. The Morgan fingerprint density at radius 3 is 2.39 bits per heavy atom. The van der Waals surface area contributed by atoms with Gasteiger partial charge in [0.2, 0.25) is 0 Å². The van der Waals surface area contributed by atoms with E-state index in [-0.39, 0.29) is 5.91 Å². The van der Waals surface area contributed by atoms with Crippen molar-refractivity contribution in [2.75, 3.05) is 19.6 Å². The normalized spacial score (nSPS) is 19.6. The lowest BCUT2D eigenvalue weighted by atomic mass is 9.98. The molecule has 1 fully saturated rings. The third-order valence-electron chi connectivity index (χ3n) is 6.14. The third kappa shape index (κ3) is 3.25. The summed E-state index contributed by atoms with van der Waals surface area (Å²) < 4.78 is 2.05. The lowest BCUT2D eigenvalue weighted by Crippen LogP contribution is -2.41. The molecule has 2 aliphatic rings. The molecule has 0 radical (unpaired) electrons. The number of benzene rings is 2. The van der Waals surface area contributed by atoms with E-state index in [1.807, 2.05) is 58.3 Å². The van der Waals surface area contributed by atoms with E-state index in [0.29, 0.717) is 6.04 Å². The van der Waals surface area contributed by atoms with Gasteiger partial charge in [0.15, 0.2) is 0 Å². The predicted octanol–water partition coefficient (Wildman–Crippen LogP) is 3.75. The van der Waals surface area contributed by atoms with Crippen LogP contribution in [0.4, 0.5) is 0 Å². The van der Waals surface area contributed by atoms with Crippen LogP contribution in [0.3, 0.4) is 0 Å². The van der Waals surface area contributed by atoms with Gasteiger partial charge in [0, 0.05) is 55.9 Å². The van der Waals surface area contributed by atoms with Crippen LogP contribution in [0.5, 0.6) is 0 Å². The molecule has 28 heavy (non-hydrogen) atoms. The fraction of sp³-hybridized carbons (Fsp3) is 0.292. The number of likely N-dealkylation sites (tertiary alicyclic amines) is 1. The molecule has 3 heterocycles. The molecule has 0 saturated carbocycles. The molecule has 1 aromatic heterocycles. The number of nitrogens with zero attached hydrogens (tertiary/aromatic N) is 3. The summed E-state index contributed by atoms with van der Waals surface area (Å²) in [5, 5.41) is 0. The molecule has 1 amide bonds. The molecule has 2 aliphatic heterocycles. The summed E-state index contributed by atoms with van der Waals surface area (Å²) in [6.45, 7) is 3.78. The van der Waals surface area contributed by atoms with Crippen LogP contribution in [0.1, 0.15) is 27.9 Å². The summed E-state index contributed by atoms with van der Waals surface area (Å²) in [5.41, 5.74) is 4.78. The topological polar surface area (TPSA) is 28.5 Å². The fourth-order valence-corrected chi connectivity index (χ4v) is 4.52. The average molecular weight is 371 g/mol. The van der Waals surface area contributed by atoms with Gasteiger partial charge in [0.25, 0.3) is 5.91 Å². The van der Waals surface area contributed by atoms with Gasteiger partial charge in [-0.1, -0.05) is 24.3 Å². The molecule has 4 nitrogen and oxygen atoms in total. The SMILES string of the molecule is O=C(c1ccc(-n2cccc2)cc1)N1CC[C@@H](N2CCc3ccccc3C2)C1. The van der Waals surface area contributed by atoms with Crippen molar-refractivity contribution in [1.29, 1.82) is 0 Å². The van der Waals surface area contributed by atoms with Crippen LogP contribution in [0.2, 0.25) is 0 Å². The van der Waals surface area contributed by atoms with Crippen molar-refractivity contribution < 1.29 is 4.79 Å². The maximum atomic E-state index is 13.0. The molecule has 5 rings (SSSR count). The van der Waals surface area contributed by atoms with E-state index in [4.69, 9.17) is 0 Å². The van der Waals surface area contributed by atoms with Crippen LogP contribution < -0.4 is 0 Å². The van der Waals surface area contributed by atoms with Crippen LogP contribution in [0.15, 0.2) is 73.1 Å². The highest BCUT2D eigenvalue weighted by atomic mass is 16.2. The van der Waals surface area contributed by atoms with Gasteiger partial charge < -0.3 is 9.47 Å². The number of amides is 1. The molecule has 3 aromatic rings. The highest BCUT2D eigenvalue weighted by molar-refractivity contribution is 5.94. The molecule has 1 saturated heterocycles. The minimum atomic E-state index is 0.152. The summed E-state index contributed by atoms with van der Waals surface area (Å²) in [6, 6.07) is 21.1. The molecular weight excluding hydrogens is 346 g/mol. The molecular formula is C24H25N3O. The zero-order valence-corrected chi connectivity index (χ0v) is 16.0. The number of carbonyl (C=O) groups is 1.